The van der Waals surface area contributed by atoms with E-state index in [9.17, 15) is 4.79 Å². The molecule has 2 rings (SSSR count). The molecule has 0 heterocycles. The van der Waals surface area contributed by atoms with Crippen LogP contribution in [0.15, 0.2) is 54.6 Å². The Morgan fingerprint density at radius 2 is 1.74 bits per heavy atom. The van der Waals surface area contributed by atoms with Gasteiger partial charge in [0.1, 0.15) is 0 Å². The van der Waals surface area contributed by atoms with Gasteiger partial charge in [0.25, 0.3) is 5.91 Å². The van der Waals surface area contributed by atoms with Gasteiger partial charge in [-0.25, -0.2) is 0 Å². The molecule has 1 atom stereocenters. The maximum absolute atomic E-state index is 12.0. The number of aryl methyl sites for hydroxylation is 1. The third-order valence-electron chi connectivity index (χ3n) is 2.93. The Balaban J connectivity index is 1.93. The first kappa shape index (κ1) is 13.3. The summed E-state index contributed by atoms with van der Waals surface area (Å²) in [6, 6.07) is 17.3. The van der Waals surface area contributed by atoms with Gasteiger partial charge in [-0.15, -0.1) is 0 Å². The van der Waals surface area contributed by atoms with Crippen molar-refractivity contribution >= 4 is 5.91 Å². The molecule has 0 saturated heterocycles. The Kier molecular flexibility index (Phi) is 4.31. The molecule has 0 aliphatic rings. The number of carbonyl (C=O) groups excluding carboxylic acids is 1. The van der Waals surface area contributed by atoms with Gasteiger partial charge in [0, 0.05) is 12.0 Å². The molecule has 0 aliphatic carbocycles. The van der Waals surface area contributed by atoms with Gasteiger partial charge in [0.15, 0.2) is 0 Å². The highest BCUT2D eigenvalue weighted by Crippen LogP contribution is 2.04. The topological polar surface area (TPSA) is 55.1 Å². The Morgan fingerprint density at radius 3 is 2.37 bits per heavy atom. The number of nitrogens with two attached hydrogens (primary N) is 1. The van der Waals surface area contributed by atoms with Gasteiger partial charge >= 0.3 is 0 Å². The van der Waals surface area contributed by atoms with E-state index in [-0.39, 0.29) is 12.1 Å². The fourth-order valence-corrected chi connectivity index (χ4v) is 1.88. The summed E-state index contributed by atoms with van der Waals surface area (Å²) >= 11 is 0. The number of hydrogen-bond donors (Lipinski definition) is 2. The van der Waals surface area contributed by atoms with Gasteiger partial charge in [-0.1, -0.05) is 48.0 Å². The number of nitrogens with one attached hydrogen (secondary N) is 1. The van der Waals surface area contributed by atoms with Crippen LogP contribution in [-0.4, -0.2) is 12.1 Å². The average molecular weight is 254 g/mol. The number of carbonyl (C=O) groups is 1. The van der Waals surface area contributed by atoms with E-state index >= 15 is 0 Å². The molecular formula is C16H18N2O. The minimum atomic E-state index is -0.379. The van der Waals surface area contributed by atoms with Crippen molar-refractivity contribution in [3.05, 3.63) is 71.3 Å². The van der Waals surface area contributed by atoms with Gasteiger partial charge in [-0.05, 0) is 24.6 Å². The molecule has 19 heavy (non-hydrogen) atoms. The van der Waals surface area contributed by atoms with E-state index in [0.717, 1.165) is 11.1 Å². The van der Waals surface area contributed by atoms with Gasteiger partial charge < -0.3 is 11.1 Å². The van der Waals surface area contributed by atoms with Crippen molar-refractivity contribution < 1.29 is 4.79 Å². The molecule has 0 radical (unpaired) electrons. The van der Waals surface area contributed by atoms with Crippen LogP contribution in [0.4, 0.5) is 0 Å². The highest BCUT2D eigenvalue weighted by molar-refractivity contribution is 5.94. The second-order valence-electron chi connectivity index (χ2n) is 4.64. The number of amides is 1. The second kappa shape index (κ2) is 6.16. The lowest BCUT2D eigenvalue weighted by atomic mass is 10.1. The standard InChI is InChI=1S/C16H18N2O/c1-12-7-9-14(10-8-12)16(19)18-15(17)11-13-5-3-2-4-6-13/h2-10,15H,11,17H2,1H3,(H,18,19). The van der Waals surface area contributed by atoms with Gasteiger partial charge in [0.05, 0.1) is 6.17 Å². The fraction of sp³-hybridized carbons (Fsp3) is 0.188. The number of benzene rings is 2. The summed E-state index contributed by atoms with van der Waals surface area (Å²) in [5.74, 6) is -0.136. The van der Waals surface area contributed by atoms with Crippen LogP contribution in [0.1, 0.15) is 21.5 Å². The van der Waals surface area contributed by atoms with E-state index < -0.39 is 0 Å². The maximum atomic E-state index is 12.0. The molecule has 1 unspecified atom stereocenters. The predicted molar refractivity (Wildman–Crippen MR) is 76.8 cm³/mol. The van der Waals surface area contributed by atoms with E-state index in [2.05, 4.69) is 5.32 Å². The molecule has 3 N–H and O–H groups in total. The lowest BCUT2D eigenvalue weighted by molar-refractivity contribution is 0.0938. The summed E-state index contributed by atoms with van der Waals surface area (Å²) in [5, 5.41) is 2.80. The minimum absolute atomic E-state index is 0.136. The van der Waals surface area contributed by atoms with E-state index in [1.54, 1.807) is 12.1 Å². The Hall–Kier alpha value is -2.13. The normalized spacial score (nSPS) is 11.9. The molecule has 0 bridgehead atoms. The van der Waals surface area contributed by atoms with E-state index in [4.69, 9.17) is 5.73 Å². The SMILES string of the molecule is Cc1ccc(C(=O)NC(N)Cc2ccccc2)cc1. The molecule has 2 aromatic rings. The highest BCUT2D eigenvalue weighted by Gasteiger charge is 2.10. The van der Waals surface area contributed by atoms with Crippen molar-refractivity contribution in [3.8, 4) is 0 Å². The van der Waals surface area contributed by atoms with Gasteiger partial charge in [-0.3, -0.25) is 4.79 Å². The van der Waals surface area contributed by atoms with Crippen molar-refractivity contribution in [1.82, 2.24) is 5.32 Å². The smallest absolute Gasteiger partial charge is 0.252 e. The zero-order valence-electron chi connectivity index (χ0n) is 11.0. The molecule has 2 aromatic carbocycles. The van der Waals surface area contributed by atoms with Crippen LogP contribution < -0.4 is 11.1 Å². The lowest BCUT2D eigenvalue weighted by Crippen LogP contribution is -2.43. The molecule has 0 aromatic heterocycles. The largest absolute Gasteiger partial charge is 0.337 e. The molecule has 0 saturated carbocycles. The number of rotatable bonds is 4. The zero-order valence-corrected chi connectivity index (χ0v) is 11.0. The molecule has 98 valence electrons. The first-order valence-corrected chi connectivity index (χ1v) is 6.32. The third kappa shape index (κ3) is 3.93. The molecule has 0 fully saturated rings. The Labute approximate surface area is 113 Å². The van der Waals surface area contributed by atoms with Crippen molar-refractivity contribution in [2.24, 2.45) is 5.73 Å². The van der Waals surface area contributed by atoms with Crippen LogP contribution in [0.3, 0.4) is 0 Å². The second-order valence-corrected chi connectivity index (χ2v) is 4.64. The maximum Gasteiger partial charge on any atom is 0.252 e. The Morgan fingerprint density at radius 1 is 1.11 bits per heavy atom. The van der Waals surface area contributed by atoms with Crippen LogP contribution in [0.2, 0.25) is 0 Å². The molecular weight excluding hydrogens is 236 g/mol. The van der Waals surface area contributed by atoms with E-state index in [1.807, 2.05) is 49.4 Å². The summed E-state index contributed by atoms with van der Waals surface area (Å²) in [4.78, 5) is 12.0. The van der Waals surface area contributed by atoms with Crippen LogP contribution in [0.25, 0.3) is 0 Å². The average Bonchev–Trinajstić information content (AvgIpc) is 2.40. The van der Waals surface area contributed by atoms with E-state index in [1.165, 1.54) is 0 Å². The molecule has 3 heteroatoms. The van der Waals surface area contributed by atoms with Crippen LogP contribution in [0, 0.1) is 6.92 Å². The summed E-state index contributed by atoms with van der Waals surface area (Å²) in [6.07, 6.45) is 0.245. The summed E-state index contributed by atoms with van der Waals surface area (Å²) in [7, 11) is 0. The van der Waals surface area contributed by atoms with Crippen molar-refractivity contribution in [3.63, 3.8) is 0 Å². The van der Waals surface area contributed by atoms with E-state index in [0.29, 0.717) is 12.0 Å². The minimum Gasteiger partial charge on any atom is -0.337 e. The third-order valence-corrected chi connectivity index (χ3v) is 2.93. The first-order valence-electron chi connectivity index (χ1n) is 6.32. The first-order chi connectivity index (χ1) is 9.15. The number of hydrogen-bond acceptors (Lipinski definition) is 2. The fourth-order valence-electron chi connectivity index (χ4n) is 1.88. The van der Waals surface area contributed by atoms with Gasteiger partial charge in [0.2, 0.25) is 0 Å². The summed E-state index contributed by atoms with van der Waals surface area (Å²) in [5.41, 5.74) is 8.82. The monoisotopic (exact) mass is 254 g/mol. The summed E-state index contributed by atoms with van der Waals surface area (Å²) < 4.78 is 0. The van der Waals surface area contributed by atoms with Crippen molar-refractivity contribution in [2.45, 2.75) is 19.5 Å². The Bertz CT molecular complexity index is 534. The predicted octanol–water partition coefficient (Wildman–Crippen LogP) is 2.25. The van der Waals surface area contributed by atoms with Crippen LogP contribution in [0.5, 0.6) is 0 Å². The van der Waals surface area contributed by atoms with Crippen LogP contribution in [-0.2, 0) is 6.42 Å². The summed E-state index contributed by atoms with van der Waals surface area (Å²) in [6.45, 7) is 1.99. The molecule has 0 aliphatic heterocycles. The van der Waals surface area contributed by atoms with Crippen LogP contribution >= 0.6 is 0 Å². The van der Waals surface area contributed by atoms with Gasteiger partial charge in [-0.2, -0.15) is 0 Å². The molecule has 1 amide bonds. The highest BCUT2D eigenvalue weighted by atomic mass is 16.1. The van der Waals surface area contributed by atoms with Crippen molar-refractivity contribution in [1.29, 1.82) is 0 Å². The molecule has 3 nitrogen and oxygen atoms in total. The zero-order chi connectivity index (χ0) is 13.7. The molecule has 0 spiro atoms. The van der Waals surface area contributed by atoms with Crippen molar-refractivity contribution in [2.75, 3.05) is 0 Å². The quantitative estimate of drug-likeness (QED) is 0.822. The lowest BCUT2D eigenvalue weighted by Gasteiger charge is -2.14.